The Morgan fingerprint density at radius 2 is 2.27 bits per heavy atom. The summed E-state index contributed by atoms with van der Waals surface area (Å²) in [4.78, 5) is 0. The Kier molecular flexibility index (Phi) is 3.42. The van der Waals surface area contributed by atoms with Crippen LogP contribution in [-0.4, -0.2) is 13.6 Å². The molecule has 1 heteroatoms. The first-order valence-corrected chi connectivity index (χ1v) is 6.07. The maximum Gasteiger partial charge on any atom is -0.00114 e. The van der Waals surface area contributed by atoms with Crippen LogP contribution in [0.3, 0.4) is 0 Å². The lowest BCUT2D eigenvalue weighted by Crippen LogP contribution is -2.12. The van der Waals surface area contributed by atoms with E-state index in [1.165, 1.54) is 24.8 Å². The molecule has 1 aromatic carbocycles. The lowest BCUT2D eigenvalue weighted by molar-refractivity contribution is 0.589. The first-order chi connectivity index (χ1) is 7.31. The summed E-state index contributed by atoms with van der Waals surface area (Å²) in [7, 11) is 2.01. The van der Waals surface area contributed by atoms with Crippen molar-refractivity contribution in [2.75, 3.05) is 13.6 Å². The summed E-state index contributed by atoms with van der Waals surface area (Å²) in [6, 6.07) is 7.07. The van der Waals surface area contributed by atoms with Gasteiger partial charge in [-0.25, -0.2) is 0 Å². The molecule has 1 unspecified atom stereocenters. The fourth-order valence-corrected chi connectivity index (χ4v) is 2.51. The predicted molar refractivity (Wildman–Crippen MR) is 65.4 cm³/mol. The molecule has 1 nitrogen and oxygen atoms in total. The van der Waals surface area contributed by atoms with E-state index in [9.17, 15) is 0 Å². The average Bonchev–Trinajstić information content (AvgIpc) is 2.27. The van der Waals surface area contributed by atoms with Crippen LogP contribution in [0.15, 0.2) is 18.2 Å². The quantitative estimate of drug-likeness (QED) is 0.796. The molecular weight excluding hydrogens is 182 g/mol. The highest BCUT2D eigenvalue weighted by Gasteiger charge is 2.16. The third-order valence-corrected chi connectivity index (χ3v) is 3.49. The van der Waals surface area contributed by atoms with E-state index in [-0.39, 0.29) is 0 Å². The highest BCUT2D eigenvalue weighted by Crippen LogP contribution is 2.31. The minimum Gasteiger partial charge on any atom is -0.319 e. The van der Waals surface area contributed by atoms with Crippen molar-refractivity contribution in [3.63, 3.8) is 0 Å². The van der Waals surface area contributed by atoms with Crippen molar-refractivity contribution in [2.45, 2.75) is 38.5 Å². The number of hydrogen-bond donors (Lipinski definition) is 1. The number of rotatable bonds is 3. The van der Waals surface area contributed by atoms with Crippen LogP contribution in [-0.2, 0) is 12.8 Å². The van der Waals surface area contributed by atoms with Crippen LogP contribution in [0.1, 0.15) is 42.4 Å². The Bertz CT molecular complexity index is 330. The standard InChI is InChI=1S/C14H21N/c1-11-4-3-5-13-7-6-12(8-9-15-2)10-14(11)13/h6-7,10-11,15H,3-5,8-9H2,1-2H3. The van der Waals surface area contributed by atoms with Crippen LogP contribution in [0.2, 0.25) is 0 Å². The Hall–Kier alpha value is -0.820. The molecule has 15 heavy (non-hydrogen) atoms. The normalized spacial score (nSPS) is 20.0. The third kappa shape index (κ3) is 2.40. The fourth-order valence-electron chi connectivity index (χ4n) is 2.51. The van der Waals surface area contributed by atoms with Crippen molar-refractivity contribution in [3.8, 4) is 0 Å². The van der Waals surface area contributed by atoms with Gasteiger partial charge in [-0.3, -0.25) is 0 Å². The van der Waals surface area contributed by atoms with Gasteiger partial charge in [-0.05, 0) is 61.9 Å². The van der Waals surface area contributed by atoms with E-state index in [0.717, 1.165) is 18.9 Å². The number of likely N-dealkylation sites (N-methyl/N-ethyl adjacent to an activating group) is 1. The van der Waals surface area contributed by atoms with Crippen LogP contribution in [0.4, 0.5) is 0 Å². The summed E-state index contributed by atoms with van der Waals surface area (Å²) < 4.78 is 0. The monoisotopic (exact) mass is 203 g/mol. The van der Waals surface area contributed by atoms with Gasteiger partial charge in [0.15, 0.2) is 0 Å². The van der Waals surface area contributed by atoms with Crippen LogP contribution in [0.25, 0.3) is 0 Å². The Morgan fingerprint density at radius 3 is 3.07 bits per heavy atom. The molecule has 0 saturated heterocycles. The summed E-state index contributed by atoms with van der Waals surface area (Å²) in [5.41, 5.74) is 4.67. The van der Waals surface area contributed by atoms with Crippen LogP contribution < -0.4 is 5.32 Å². The Labute approximate surface area is 92.9 Å². The zero-order valence-corrected chi connectivity index (χ0v) is 9.84. The second-order valence-electron chi connectivity index (χ2n) is 4.68. The molecule has 0 heterocycles. The predicted octanol–water partition coefficient (Wildman–Crippen LogP) is 2.89. The van der Waals surface area contributed by atoms with Crippen molar-refractivity contribution >= 4 is 0 Å². The summed E-state index contributed by atoms with van der Waals surface area (Å²) in [6.07, 6.45) is 5.16. The maximum atomic E-state index is 3.21. The molecule has 1 atom stereocenters. The van der Waals surface area contributed by atoms with Gasteiger partial charge in [0.1, 0.15) is 0 Å². The van der Waals surface area contributed by atoms with Crippen LogP contribution in [0.5, 0.6) is 0 Å². The molecular formula is C14H21N. The second kappa shape index (κ2) is 4.80. The maximum absolute atomic E-state index is 3.21. The molecule has 1 aliphatic carbocycles. The van der Waals surface area contributed by atoms with E-state index in [1.807, 2.05) is 7.05 Å². The van der Waals surface area contributed by atoms with Gasteiger partial charge in [-0.1, -0.05) is 25.1 Å². The molecule has 0 fully saturated rings. The molecule has 82 valence electrons. The number of fused-ring (bicyclic) bond motifs is 1. The SMILES string of the molecule is CNCCc1ccc2c(c1)C(C)CCC2. The molecule has 1 aromatic rings. The van der Waals surface area contributed by atoms with Gasteiger partial charge < -0.3 is 5.32 Å². The Morgan fingerprint density at radius 1 is 1.40 bits per heavy atom. The molecule has 1 N–H and O–H groups in total. The van der Waals surface area contributed by atoms with Gasteiger partial charge in [0.25, 0.3) is 0 Å². The molecule has 0 amide bonds. The topological polar surface area (TPSA) is 12.0 Å². The van der Waals surface area contributed by atoms with Crippen molar-refractivity contribution in [1.82, 2.24) is 5.32 Å². The van der Waals surface area contributed by atoms with E-state index < -0.39 is 0 Å². The molecule has 0 bridgehead atoms. The molecule has 0 spiro atoms. The van der Waals surface area contributed by atoms with Crippen molar-refractivity contribution in [1.29, 1.82) is 0 Å². The largest absolute Gasteiger partial charge is 0.319 e. The van der Waals surface area contributed by atoms with E-state index in [0.29, 0.717) is 0 Å². The number of benzene rings is 1. The smallest absolute Gasteiger partial charge is 0.00114 e. The lowest BCUT2D eigenvalue weighted by Gasteiger charge is -2.23. The number of hydrogen-bond acceptors (Lipinski definition) is 1. The molecule has 0 radical (unpaired) electrons. The third-order valence-electron chi connectivity index (χ3n) is 3.49. The van der Waals surface area contributed by atoms with E-state index in [1.54, 1.807) is 11.1 Å². The minimum absolute atomic E-state index is 0.767. The van der Waals surface area contributed by atoms with Crippen molar-refractivity contribution < 1.29 is 0 Å². The molecule has 0 aliphatic heterocycles. The average molecular weight is 203 g/mol. The molecule has 1 aliphatic rings. The summed E-state index contributed by atoms with van der Waals surface area (Å²) in [6.45, 7) is 3.44. The Balaban J connectivity index is 2.19. The zero-order chi connectivity index (χ0) is 10.7. The van der Waals surface area contributed by atoms with Crippen molar-refractivity contribution in [3.05, 3.63) is 34.9 Å². The highest BCUT2D eigenvalue weighted by molar-refractivity contribution is 5.36. The van der Waals surface area contributed by atoms with E-state index >= 15 is 0 Å². The molecule has 2 rings (SSSR count). The van der Waals surface area contributed by atoms with Gasteiger partial charge >= 0.3 is 0 Å². The highest BCUT2D eigenvalue weighted by atomic mass is 14.8. The number of aryl methyl sites for hydroxylation is 1. The summed E-state index contributed by atoms with van der Waals surface area (Å²) >= 11 is 0. The molecule has 0 saturated carbocycles. The van der Waals surface area contributed by atoms with E-state index in [2.05, 4.69) is 30.4 Å². The van der Waals surface area contributed by atoms with E-state index in [4.69, 9.17) is 0 Å². The van der Waals surface area contributed by atoms with Gasteiger partial charge in [-0.2, -0.15) is 0 Å². The zero-order valence-electron chi connectivity index (χ0n) is 9.84. The minimum atomic E-state index is 0.767. The van der Waals surface area contributed by atoms with Crippen molar-refractivity contribution in [2.24, 2.45) is 0 Å². The first-order valence-electron chi connectivity index (χ1n) is 6.07. The van der Waals surface area contributed by atoms with Gasteiger partial charge in [0, 0.05) is 0 Å². The fraction of sp³-hybridized carbons (Fsp3) is 0.571. The number of nitrogens with one attached hydrogen (secondary N) is 1. The van der Waals surface area contributed by atoms with Crippen LogP contribution >= 0.6 is 0 Å². The lowest BCUT2D eigenvalue weighted by atomic mass is 9.83. The summed E-state index contributed by atoms with van der Waals surface area (Å²) in [5.74, 6) is 0.767. The van der Waals surface area contributed by atoms with Gasteiger partial charge in [-0.15, -0.1) is 0 Å². The molecule has 0 aromatic heterocycles. The second-order valence-corrected chi connectivity index (χ2v) is 4.68. The van der Waals surface area contributed by atoms with Gasteiger partial charge in [0.2, 0.25) is 0 Å². The summed E-state index contributed by atoms with van der Waals surface area (Å²) in [5, 5.41) is 3.21. The van der Waals surface area contributed by atoms with Gasteiger partial charge in [0.05, 0.1) is 0 Å². The van der Waals surface area contributed by atoms with Crippen LogP contribution in [0, 0.1) is 0 Å². The first kappa shape index (κ1) is 10.7.